The maximum absolute atomic E-state index is 13.9. The zero-order valence-corrected chi connectivity index (χ0v) is 15.4. The highest BCUT2D eigenvalue weighted by Gasteiger charge is 2.19. The predicted octanol–water partition coefficient (Wildman–Crippen LogP) is 2.36. The molecule has 0 unspecified atom stereocenters. The standard InChI is InChI=1S/C20H20F2N2O3/c1-24(2)8-7-12-11-23-16-5-4-6-17(18(12)16)27-20(25)13-9-14(21)19(26-3)15(22)10-13/h4-6,9-11,23H,7-8H2,1-3H3/p+1. The van der Waals surface area contributed by atoms with Crippen molar-refractivity contribution < 1.29 is 27.9 Å². The molecule has 0 aliphatic rings. The smallest absolute Gasteiger partial charge is 0.343 e. The molecule has 0 aliphatic heterocycles. The summed E-state index contributed by atoms with van der Waals surface area (Å²) in [6.45, 7) is 0.907. The summed E-state index contributed by atoms with van der Waals surface area (Å²) in [4.78, 5) is 16.9. The molecule has 0 spiro atoms. The van der Waals surface area contributed by atoms with Gasteiger partial charge in [0.05, 0.1) is 33.3 Å². The third-order valence-electron chi connectivity index (χ3n) is 4.28. The van der Waals surface area contributed by atoms with Crippen molar-refractivity contribution in [2.75, 3.05) is 27.7 Å². The first-order chi connectivity index (χ1) is 12.9. The number of esters is 1. The highest BCUT2D eigenvalue weighted by molar-refractivity contribution is 5.96. The van der Waals surface area contributed by atoms with Gasteiger partial charge in [0.1, 0.15) is 5.75 Å². The minimum Gasteiger partial charge on any atom is -0.491 e. The molecule has 5 nitrogen and oxygen atoms in total. The van der Waals surface area contributed by atoms with Gasteiger partial charge in [0.2, 0.25) is 0 Å². The number of aromatic nitrogens is 1. The second-order valence-corrected chi connectivity index (χ2v) is 6.56. The van der Waals surface area contributed by atoms with E-state index >= 15 is 0 Å². The Bertz CT molecular complexity index is 960. The van der Waals surface area contributed by atoms with Crippen LogP contribution in [0.15, 0.2) is 36.5 Å². The van der Waals surface area contributed by atoms with Crippen molar-refractivity contribution in [3.05, 3.63) is 59.3 Å². The molecular formula is C20H21F2N2O3+. The number of nitrogens with one attached hydrogen (secondary N) is 2. The van der Waals surface area contributed by atoms with Gasteiger partial charge in [-0.15, -0.1) is 0 Å². The summed E-state index contributed by atoms with van der Waals surface area (Å²) in [7, 11) is 5.27. The lowest BCUT2D eigenvalue weighted by Gasteiger charge is -2.10. The number of quaternary nitrogens is 1. The number of ether oxygens (including phenoxy) is 2. The van der Waals surface area contributed by atoms with Gasteiger partial charge >= 0.3 is 5.97 Å². The quantitative estimate of drug-likeness (QED) is 0.514. The number of methoxy groups -OCH3 is 1. The van der Waals surface area contributed by atoms with E-state index in [4.69, 9.17) is 4.74 Å². The van der Waals surface area contributed by atoms with E-state index in [2.05, 4.69) is 23.8 Å². The molecule has 1 heterocycles. The van der Waals surface area contributed by atoms with Gasteiger partial charge in [0.25, 0.3) is 0 Å². The number of hydrogen-bond donors (Lipinski definition) is 2. The van der Waals surface area contributed by atoms with Crippen LogP contribution in [0.1, 0.15) is 15.9 Å². The molecule has 3 rings (SSSR count). The topological polar surface area (TPSA) is 55.8 Å². The van der Waals surface area contributed by atoms with E-state index in [9.17, 15) is 13.6 Å². The molecule has 0 amide bonds. The van der Waals surface area contributed by atoms with Crippen LogP contribution in [0.4, 0.5) is 8.78 Å². The van der Waals surface area contributed by atoms with Crippen LogP contribution >= 0.6 is 0 Å². The van der Waals surface area contributed by atoms with Crippen molar-refractivity contribution in [1.29, 1.82) is 0 Å². The lowest BCUT2D eigenvalue weighted by molar-refractivity contribution is -0.858. The Morgan fingerprint density at radius 1 is 1.19 bits per heavy atom. The molecular weight excluding hydrogens is 354 g/mol. The van der Waals surface area contributed by atoms with Crippen LogP contribution in [0.25, 0.3) is 10.9 Å². The zero-order valence-electron chi connectivity index (χ0n) is 15.4. The Hall–Kier alpha value is -2.93. The number of rotatable bonds is 6. The monoisotopic (exact) mass is 375 g/mol. The highest BCUT2D eigenvalue weighted by Crippen LogP contribution is 2.30. The zero-order chi connectivity index (χ0) is 19.6. The highest BCUT2D eigenvalue weighted by atomic mass is 19.1. The third kappa shape index (κ3) is 3.93. The fraction of sp³-hybridized carbons (Fsp3) is 0.250. The first-order valence-corrected chi connectivity index (χ1v) is 8.54. The second kappa shape index (κ2) is 7.75. The van der Waals surface area contributed by atoms with E-state index in [0.717, 1.165) is 48.7 Å². The molecule has 142 valence electrons. The molecule has 27 heavy (non-hydrogen) atoms. The van der Waals surface area contributed by atoms with E-state index in [1.54, 1.807) is 12.1 Å². The van der Waals surface area contributed by atoms with Gasteiger partial charge in [0.15, 0.2) is 17.4 Å². The largest absolute Gasteiger partial charge is 0.491 e. The maximum atomic E-state index is 13.9. The molecule has 0 aliphatic carbocycles. The molecule has 0 saturated heterocycles. The fourth-order valence-corrected chi connectivity index (χ4v) is 2.92. The lowest BCUT2D eigenvalue weighted by Crippen LogP contribution is -3.05. The van der Waals surface area contributed by atoms with E-state index in [-0.39, 0.29) is 5.56 Å². The van der Waals surface area contributed by atoms with Crippen molar-refractivity contribution in [2.24, 2.45) is 0 Å². The Labute approximate surface area is 155 Å². The van der Waals surface area contributed by atoms with E-state index in [1.807, 2.05) is 12.3 Å². The summed E-state index contributed by atoms with van der Waals surface area (Å²) in [6, 6.07) is 7.09. The van der Waals surface area contributed by atoms with Gasteiger partial charge in [-0.1, -0.05) is 6.07 Å². The lowest BCUT2D eigenvalue weighted by atomic mass is 10.1. The first kappa shape index (κ1) is 18.8. The molecule has 0 radical (unpaired) electrons. The number of likely N-dealkylation sites (N-methyl/N-ethyl adjacent to an activating group) is 1. The predicted molar refractivity (Wildman–Crippen MR) is 97.5 cm³/mol. The number of carbonyl (C=O) groups excluding carboxylic acids is 1. The number of carbonyl (C=O) groups is 1. The molecule has 0 saturated carbocycles. The average Bonchev–Trinajstić information content (AvgIpc) is 3.04. The van der Waals surface area contributed by atoms with Crippen molar-refractivity contribution >= 4 is 16.9 Å². The maximum Gasteiger partial charge on any atom is 0.343 e. The minimum atomic E-state index is -0.959. The van der Waals surface area contributed by atoms with Crippen LogP contribution in [0.5, 0.6) is 11.5 Å². The molecule has 0 atom stereocenters. The van der Waals surface area contributed by atoms with Gasteiger partial charge in [-0.25, -0.2) is 13.6 Å². The number of aromatic amines is 1. The SMILES string of the molecule is COc1c(F)cc(C(=O)Oc2cccc3[nH]cc(CC[NH+](C)C)c23)cc1F. The summed E-state index contributed by atoms with van der Waals surface area (Å²) < 4.78 is 37.8. The number of fused-ring (bicyclic) bond motifs is 1. The fourth-order valence-electron chi connectivity index (χ4n) is 2.92. The van der Waals surface area contributed by atoms with Gasteiger partial charge < -0.3 is 19.4 Å². The van der Waals surface area contributed by atoms with Crippen LogP contribution in [0.2, 0.25) is 0 Å². The normalized spacial score (nSPS) is 11.2. The summed E-state index contributed by atoms with van der Waals surface area (Å²) in [5.74, 6) is -2.95. The second-order valence-electron chi connectivity index (χ2n) is 6.56. The van der Waals surface area contributed by atoms with Crippen molar-refractivity contribution in [3.8, 4) is 11.5 Å². The molecule has 1 aromatic heterocycles. The number of hydrogen-bond acceptors (Lipinski definition) is 3. The summed E-state index contributed by atoms with van der Waals surface area (Å²) in [5.41, 5.74) is 1.62. The molecule has 0 bridgehead atoms. The molecule has 2 N–H and O–H groups in total. The van der Waals surface area contributed by atoms with E-state index in [0.29, 0.717) is 5.75 Å². The van der Waals surface area contributed by atoms with Gasteiger partial charge in [-0.05, 0) is 29.8 Å². The number of halogens is 2. The van der Waals surface area contributed by atoms with E-state index in [1.165, 1.54) is 4.90 Å². The molecule has 2 aromatic carbocycles. The number of H-pyrrole nitrogens is 1. The Kier molecular flexibility index (Phi) is 5.41. The van der Waals surface area contributed by atoms with Crippen molar-refractivity contribution in [2.45, 2.75) is 6.42 Å². The van der Waals surface area contributed by atoms with Gasteiger partial charge in [-0.3, -0.25) is 0 Å². The first-order valence-electron chi connectivity index (χ1n) is 8.54. The van der Waals surface area contributed by atoms with Crippen LogP contribution in [-0.4, -0.2) is 38.7 Å². The van der Waals surface area contributed by atoms with Crippen LogP contribution in [-0.2, 0) is 6.42 Å². The van der Waals surface area contributed by atoms with Crippen LogP contribution in [0, 0.1) is 11.6 Å². The average molecular weight is 375 g/mol. The molecule has 7 heteroatoms. The third-order valence-corrected chi connectivity index (χ3v) is 4.28. The van der Waals surface area contributed by atoms with E-state index < -0.39 is 23.4 Å². The Balaban J connectivity index is 1.92. The number of benzene rings is 2. The molecule has 0 fully saturated rings. The Morgan fingerprint density at radius 3 is 2.52 bits per heavy atom. The van der Waals surface area contributed by atoms with Crippen molar-refractivity contribution in [1.82, 2.24) is 4.98 Å². The summed E-state index contributed by atoms with van der Waals surface area (Å²) in [5, 5.41) is 0.793. The Morgan fingerprint density at radius 2 is 1.89 bits per heavy atom. The summed E-state index contributed by atoms with van der Waals surface area (Å²) >= 11 is 0. The van der Waals surface area contributed by atoms with Crippen molar-refractivity contribution in [3.63, 3.8) is 0 Å². The molecule has 3 aromatic rings. The summed E-state index contributed by atoms with van der Waals surface area (Å²) in [6.07, 6.45) is 2.68. The van der Waals surface area contributed by atoms with Gasteiger partial charge in [-0.2, -0.15) is 0 Å². The van der Waals surface area contributed by atoms with Gasteiger partial charge in [0, 0.05) is 23.5 Å². The minimum absolute atomic E-state index is 0.224. The van der Waals surface area contributed by atoms with Crippen LogP contribution in [0.3, 0.4) is 0 Å². The van der Waals surface area contributed by atoms with Crippen LogP contribution < -0.4 is 14.4 Å².